The van der Waals surface area contributed by atoms with Crippen LogP contribution in [0.25, 0.3) is 0 Å². The van der Waals surface area contributed by atoms with Gasteiger partial charge in [-0.15, -0.1) is 0 Å². The van der Waals surface area contributed by atoms with E-state index in [0.29, 0.717) is 19.3 Å². The average Bonchev–Trinajstić information content (AvgIpc) is 3.16. The highest BCUT2D eigenvalue weighted by atomic mass is 16.5. The molecule has 1 rings (SSSR count). The summed E-state index contributed by atoms with van der Waals surface area (Å²) < 4.78 is 5.56. The normalized spacial score (nSPS) is 14.8. The molecule has 2 unspecified atom stereocenters. The molecule has 16 heteroatoms. The van der Waals surface area contributed by atoms with Crippen molar-refractivity contribution in [1.82, 2.24) is 26.2 Å². The molecule has 0 bridgehead atoms. The first-order valence-corrected chi connectivity index (χ1v) is 20.9. The van der Waals surface area contributed by atoms with Gasteiger partial charge in [-0.2, -0.15) is 0 Å². The van der Waals surface area contributed by atoms with E-state index >= 15 is 0 Å². The highest BCUT2D eigenvalue weighted by molar-refractivity contribution is 5.98. The molecule has 0 aliphatic carbocycles. The van der Waals surface area contributed by atoms with Crippen LogP contribution in [0.3, 0.4) is 0 Å². The number of amides is 5. The molecule has 59 heavy (non-hydrogen) atoms. The Morgan fingerprint density at radius 1 is 0.712 bits per heavy atom. The van der Waals surface area contributed by atoms with Gasteiger partial charge in [0, 0.05) is 13.5 Å². The van der Waals surface area contributed by atoms with Crippen LogP contribution in [0.5, 0.6) is 0 Å². The number of carboxylic acids is 2. The number of nitrogens with one attached hydrogen (secondary N) is 4. The monoisotopic (exact) mass is 831 g/mol. The number of benzene rings is 1. The van der Waals surface area contributed by atoms with Crippen molar-refractivity contribution in [3.63, 3.8) is 0 Å². The molecule has 0 spiro atoms. The summed E-state index contributed by atoms with van der Waals surface area (Å²) in [6, 6.07) is 2.34. The van der Waals surface area contributed by atoms with Crippen LogP contribution in [-0.4, -0.2) is 106 Å². The molecule has 1 aromatic rings. The van der Waals surface area contributed by atoms with Crippen LogP contribution in [0.15, 0.2) is 30.3 Å². The lowest BCUT2D eigenvalue weighted by Crippen LogP contribution is -2.61. The molecule has 0 aliphatic heterocycles. The van der Waals surface area contributed by atoms with E-state index in [1.54, 1.807) is 48.5 Å². The Balaban J connectivity index is 3.42. The second kappa shape index (κ2) is 26.9. The van der Waals surface area contributed by atoms with Crippen LogP contribution >= 0.6 is 0 Å². The summed E-state index contributed by atoms with van der Waals surface area (Å²) in [6.07, 6.45) is 3.16. The van der Waals surface area contributed by atoms with E-state index in [9.17, 15) is 48.6 Å². The molecule has 0 heterocycles. The molecular weight excluding hydrogens is 762 g/mol. The van der Waals surface area contributed by atoms with Crippen molar-refractivity contribution in [3.05, 3.63) is 35.9 Å². The van der Waals surface area contributed by atoms with Gasteiger partial charge in [-0.05, 0) is 55.9 Å². The molecule has 0 saturated carbocycles. The van der Waals surface area contributed by atoms with E-state index in [1.807, 2.05) is 30.3 Å². The quantitative estimate of drug-likeness (QED) is 0.0522. The third-order valence-corrected chi connectivity index (χ3v) is 10.1. The van der Waals surface area contributed by atoms with Crippen molar-refractivity contribution in [2.45, 2.75) is 162 Å². The number of hydrogen-bond donors (Lipinski definition) is 6. The van der Waals surface area contributed by atoms with Crippen molar-refractivity contribution >= 4 is 47.4 Å². The Hall–Kier alpha value is -5.02. The van der Waals surface area contributed by atoms with Crippen molar-refractivity contribution in [3.8, 4) is 0 Å². The number of nitrogens with zero attached hydrogens (tertiary/aromatic N) is 1. The Morgan fingerprint density at radius 2 is 1.29 bits per heavy atom. The van der Waals surface area contributed by atoms with Gasteiger partial charge < -0.3 is 41.1 Å². The van der Waals surface area contributed by atoms with Crippen molar-refractivity contribution in [1.29, 1.82) is 0 Å². The SMILES string of the molecule is CCCCCC[C@@H](C)OC(=O)CC(NC(=O)[C@@H](NC(=O)[C@H](C(C)C)N(C)C(=O)CCc1ccccc1)[C@@H](C)CC)C(=O)NC(CC(=O)O)C(=O)N[C@@H](CC(C)C)C(=O)O. The van der Waals surface area contributed by atoms with Gasteiger partial charge in [0.25, 0.3) is 0 Å². The Morgan fingerprint density at radius 3 is 1.81 bits per heavy atom. The molecule has 6 N–H and O–H groups in total. The number of aryl methyl sites for hydroxylation is 1. The number of carboxylic acid groups (broad SMARTS) is 2. The van der Waals surface area contributed by atoms with Gasteiger partial charge in [0.15, 0.2) is 0 Å². The van der Waals surface area contributed by atoms with Crippen LogP contribution in [0.2, 0.25) is 0 Å². The zero-order valence-corrected chi connectivity index (χ0v) is 36.4. The number of carbonyl (C=O) groups excluding carboxylic acids is 6. The van der Waals surface area contributed by atoms with Gasteiger partial charge >= 0.3 is 17.9 Å². The van der Waals surface area contributed by atoms with Crippen LogP contribution in [0.4, 0.5) is 0 Å². The van der Waals surface area contributed by atoms with E-state index < -0.39 is 96.6 Å². The molecule has 0 saturated heterocycles. The fourth-order valence-electron chi connectivity index (χ4n) is 6.54. The van der Waals surface area contributed by atoms with E-state index in [4.69, 9.17) is 4.74 Å². The third-order valence-electron chi connectivity index (χ3n) is 10.1. The lowest BCUT2D eigenvalue weighted by Gasteiger charge is -2.33. The third kappa shape index (κ3) is 19.5. The molecule has 0 radical (unpaired) electrons. The van der Waals surface area contributed by atoms with Crippen LogP contribution in [-0.2, 0) is 49.5 Å². The molecule has 7 atom stereocenters. The number of hydrogen-bond acceptors (Lipinski definition) is 9. The Kier molecular flexibility index (Phi) is 23.7. The van der Waals surface area contributed by atoms with Gasteiger partial charge in [-0.25, -0.2) is 4.79 Å². The molecule has 0 aromatic heterocycles. The average molecular weight is 832 g/mol. The van der Waals surface area contributed by atoms with Gasteiger partial charge in [0.1, 0.15) is 30.2 Å². The van der Waals surface area contributed by atoms with E-state index in [-0.39, 0.29) is 30.6 Å². The predicted octanol–water partition coefficient (Wildman–Crippen LogP) is 3.99. The molecule has 0 fully saturated rings. The summed E-state index contributed by atoms with van der Waals surface area (Å²) >= 11 is 0. The summed E-state index contributed by atoms with van der Waals surface area (Å²) in [5.74, 6) is -8.66. The van der Waals surface area contributed by atoms with Crippen molar-refractivity contribution in [2.24, 2.45) is 17.8 Å². The Bertz CT molecular complexity index is 1540. The highest BCUT2D eigenvalue weighted by Crippen LogP contribution is 2.17. The fourth-order valence-corrected chi connectivity index (χ4v) is 6.54. The molecule has 5 amide bonds. The number of carbonyl (C=O) groups is 8. The van der Waals surface area contributed by atoms with Gasteiger partial charge in [0.05, 0.1) is 18.9 Å². The topological polar surface area (TPSA) is 238 Å². The molecule has 1 aromatic carbocycles. The molecular formula is C43H69N5O11. The number of unbranched alkanes of at least 4 members (excludes halogenated alkanes) is 3. The summed E-state index contributed by atoms with van der Waals surface area (Å²) in [4.78, 5) is 107. The maximum atomic E-state index is 14.1. The first kappa shape index (κ1) is 52.0. The number of esters is 1. The first-order valence-electron chi connectivity index (χ1n) is 20.9. The molecule has 332 valence electrons. The minimum atomic E-state index is -1.78. The van der Waals surface area contributed by atoms with Crippen LogP contribution < -0.4 is 21.3 Å². The maximum absolute atomic E-state index is 14.1. The fraction of sp³-hybridized carbons (Fsp3) is 0.674. The first-order chi connectivity index (χ1) is 27.7. The highest BCUT2D eigenvalue weighted by Gasteiger charge is 2.37. The minimum absolute atomic E-state index is 0.0218. The second-order valence-electron chi connectivity index (χ2n) is 16.2. The number of ether oxygens (including phenoxy) is 1. The summed E-state index contributed by atoms with van der Waals surface area (Å²) in [5, 5.41) is 29.1. The lowest BCUT2D eigenvalue weighted by atomic mass is 9.95. The molecule has 0 aliphatic rings. The summed E-state index contributed by atoms with van der Waals surface area (Å²) in [5.41, 5.74) is 0.961. The van der Waals surface area contributed by atoms with E-state index in [1.165, 1.54) is 11.9 Å². The largest absolute Gasteiger partial charge is 0.481 e. The summed E-state index contributed by atoms with van der Waals surface area (Å²) in [7, 11) is 1.53. The van der Waals surface area contributed by atoms with E-state index in [0.717, 1.165) is 31.2 Å². The number of likely N-dealkylation sites (N-methyl/N-ethyl adjacent to an activating group) is 1. The maximum Gasteiger partial charge on any atom is 0.326 e. The van der Waals surface area contributed by atoms with Crippen molar-refractivity contribution < 1.29 is 53.3 Å². The zero-order chi connectivity index (χ0) is 44.8. The van der Waals surface area contributed by atoms with Crippen molar-refractivity contribution in [2.75, 3.05) is 7.05 Å². The van der Waals surface area contributed by atoms with Gasteiger partial charge in [-0.1, -0.05) is 104 Å². The van der Waals surface area contributed by atoms with Crippen LogP contribution in [0, 0.1) is 17.8 Å². The Labute approximate surface area is 349 Å². The number of aliphatic carboxylic acids is 2. The standard InChI is InChI=1S/C43H69N5O11/c1-10-12-13-15-18-29(8)59-36(52)25-32(40(54)44-31(24-35(50)51)39(53)46-33(43(57)58)23-26(3)4)45-41(55)37(28(7)11-2)47-42(56)38(27(5)6)48(9)34(49)22-21-30-19-16-14-17-20-30/h14,16-17,19-20,26-29,31-33,37-38H,10-13,15,18,21-25H2,1-9H3,(H,44,54)(H,45,55)(H,46,53)(H,47,56)(H,50,51)(H,57,58)/t28-,29+,31?,32?,33-,37-,38-/m0/s1. The predicted molar refractivity (Wildman–Crippen MR) is 222 cm³/mol. The smallest absolute Gasteiger partial charge is 0.326 e. The van der Waals surface area contributed by atoms with Gasteiger partial charge in [0.2, 0.25) is 29.5 Å². The lowest BCUT2D eigenvalue weighted by molar-refractivity contribution is -0.151. The van der Waals surface area contributed by atoms with E-state index in [2.05, 4.69) is 28.2 Å². The number of rotatable bonds is 28. The van der Waals surface area contributed by atoms with Gasteiger partial charge in [-0.3, -0.25) is 33.6 Å². The molecule has 16 nitrogen and oxygen atoms in total. The minimum Gasteiger partial charge on any atom is -0.481 e. The van der Waals surface area contributed by atoms with Crippen LogP contribution in [0.1, 0.15) is 125 Å². The zero-order valence-electron chi connectivity index (χ0n) is 36.4. The second-order valence-corrected chi connectivity index (χ2v) is 16.2. The summed E-state index contributed by atoms with van der Waals surface area (Å²) in [6.45, 7) is 14.3.